The summed E-state index contributed by atoms with van der Waals surface area (Å²) in [5, 5.41) is 3.43. The number of halogens is 1. The van der Waals surface area contributed by atoms with Crippen molar-refractivity contribution < 1.29 is 19.1 Å². The molecule has 1 aromatic carbocycles. The first-order valence-electron chi connectivity index (χ1n) is 8.75. The lowest BCUT2D eigenvalue weighted by Crippen LogP contribution is -2.47. The fourth-order valence-corrected chi connectivity index (χ4v) is 3.26. The van der Waals surface area contributed by atoms with E-state index >= 15 is 0 Å². The summed E-state index contributed by atoms with van der Waals surface area (Å²) < 4.78 is 10.5. The van der Waals surface area contributed by atoms with Crippen molar-refractivity contribution in [1.82, 2.24) is 5.32 Å². The summed E-state index contributed by atoms with van der Waals surface area (Å²) in [6.07, 6.45) is 2.41. The molecule has 6 heteroatoms. The van der Waals surface area contributed by atoms with Crippen molar-refractivity contribution in [2.45, 2.75) is 52.2 Å². The molecule has 0 bridgehead atoms. The van der Waals surface area contributed by atoms with E-state index in [0.29, 0.717) is 22.6 Å². The van der Waals surface area contributed by atoms with E-state index in [1.807, 2.05) is 0 Å². The van der Waals surface area contributed by atoms with Crippen LogP contribution in [0.15, 0.2) is 24.3 Å². The number of hydrogen-bond acceptors (Lipinski definition) is 4. The number of carbonyl (C=O) groups is 2. The third-order valence-electron chi connectivity index (χ3n) is 4.89. The Morgan fingerprint density at radius 3 is 2.72 bits per heavy atom. The molecule has 2 rings (SSSR count). The number of hydrogen-bond donors (Lipinski definition) is 1. The lowest BCUT2D eigenvalue weighted by atomic mass is 9.78. The first kappa shape index (κ1) is 19.6. The van der Waals surface area contributed by atoms with E-state index in [1.54, 1.807) is 31.2 Å². The summed E-state index contributed by atoms with van der Waals surface area (Å²) in [5.74, 6) is 0.540. The van der Waals surface area contributed by atoms with Crippen molar-refractivity contribution in [2.24, 2.45) is 11.8 Å². The molecule has 1 aliphatic carbocycles. The summed E-state index contributed by atoms with van der Waals surface area (Å²) in [6.45, 7) is 5.64. The third-order valence-corrected chi connectivity index (χ3v) is 5.21. The molecule has 0 saturated heterocycles. The van der Waals surface area contributed by atoms with Gasteiger partial charge in [-0.2, -0.15) is 0 Å². The zero-order chi connectivity index (χ0) is 18.4. The normalized spacial score (nSPS) is 24.2. The molecule has 5 nitrogen and oxygen atoms in total. The van der Waals surface area contributed by atoms with E-state index in [4.69, 9.17) is 21.1 Å². The van der Waals surface area contributed by atoms with Gasteiger partial charge in [0.25, 0.3) is 5.91 Å². The maximum absolute atomic E-state index is 12.3. The van der Waals surface area contributed by atoms with Crippen LogP contribution < -0.4 is 10.1 Å². The Kier molecular flexibility index (Phi) is 7.12. The summed E-state index contributed by atoms with van der Waals surface area (Å²) in [6, 6.07) is 7.00. The fraction of sp³-hybridized carbons (Fsp3) is 0.579. The number of nitrogens with one attached hydrogen (secondary N) is 1. The van der Waals surface area contributed by atoms with Gasteiger partial charge in [-0.05, 0) is 37.3 Å². The maximum Gasteiger partial charge on any atom is 0.344 e. The van der Waals surface area contributed by atoms with Gasteiger partial charge in [-0.1, -0.05) is 50.4 Å². The quantitative estimate of drug-likeness (QED) is 0.780. The molecule has 1 amide bonds. The number of rotatable bonds is 6. The van der Waals surface area contributed by atoms with Gasteiger partial charge in [-0.15, -0.1) is 0 Å². The minimum Gasteiger partial charge on any atom is -0.480 e. The van der Waals surface area contributed by atoms with Crippen molar-refractivity contribution in [2.75, 3.05) is 6.61 Å². The molecule has 1 aromatic rings. The molecular weight excluding hydrogens is 342 g/mol. The van der Waals surface area contributed by atoms with Crippen LogP contribution in [-0.2, 0) is 14.3 Å². The Bertz CT molecular complexity index is 607. The topological polar surface area (TPSA) is 64.6 Å². The predicted molar refractivity (Wildman–Crippen MR) is 96.6 cm³/mol. The van der Waals surface area contributed by atoms with E-state index in [2.05, 4.69) is 19.2 Å². The average molecular weight is 368 g/mol. The van der Waals surface area contributed by atoms with Gasteiger partial charge >= 0.3 is 5.97 Å². The van der Waals surface area contributed by atoms with Crippen LogP contribution in [0.3, 0.4) is 0 Å². The molecule has 0 radical (unpaired) electrons. The second-order valence-electron chi connectivity index (χ2n) is 6.73. The summed E-state index contributed by atoms with van der Waals surface area (Å²) >= 11 is 5.96. The SMILES string of the molecule is C[C@@H]1[C@H](C)CCC[C@H]1NC(=O)[C@@H](C)OC(=O)COc1ccccc1Cl. The van der Waals surface area contributed by atoms with Crippen LogP contribution in [0.1, 0.15) is 40.0 Å². The summed E-state index contributed by atoms with van der Waals surface area (Å²) in [7, 11) is 0. The molecule has 1 aliphatic rings. The Labute approximate surface area is 154 Å². The lowest BCUT2D eigenvalue weighted by Gasteiger charge is -2.35. The molecule has 25 heavy (non-hydrogen) atoms. The highest BCUT2D eigenvalue weighted by atomic mass is 35.5. The van der Waals surface area contributed by atoms with Gasteiger partial charge in [0.05, 0.1) is 5.02 Å². The van der Waals surface area contributed by atoms with Crippen LogP contribution in [0.4, 0.5) is 0 Å². The largest absolute Gasteiger partial charge is 0.480 e. The second kappa shape index (κ2) is 9.09. The average Bonchev–Trinajstić information content (AvgIpc) is 2.58. The molecular formula is C19H26ClNO4. The first-order valence-corrected chi connectivity index (χ1v) is 9.13. The number of para-hydroxylation sites is 1. The van der Waals surface area contributed by atoms with Crippen molar-refractivity contribution in [1.29, 1.82) is 0 Å². The van der Waals surface area contributed by atoms with Gasteiger partial charge in [-0.3, -0.25) is 4.79 Å². The van der Waals surface area contributed by atoms with E-state index in [-0.39, 0.29) is 18.6 Å². The van der Waals surface area contributed by atoms with Gasteiger partial charge in [-0.25, -0.2) is 4.79 Å². The van der Waals surface area contributed by atoms with Crippen molar-refractivity contribution in [3.05, 3.63) is 29.3 Å². The van der Waals surface area contributed by atoms with Crippen LogP contribution in [0.25, 0.3) is 0 Å². The van der Waals surface area contributed by atoms with Crippen LogP contribution in [-0.4, -0.2) is 30.6 Å². The van der Waals surface area contributed by atoms with Crippen LogP contribution in [0, 0.1) is 11.8 Å². The first-order chi connectivity index (χ1) is 11.9. The van der Waals surface area contributed by atoms with Gasteiger partial charge in [0, 0.05) is 6.04 Å². The maximum atomic E-state index is 12.3. The highest BCUT2D eigenvalue weighted by Crippen LogP contribution is 2.29. The molecule has 1 saturated carbocycles. The molecule has 0 heterocycles. The number of esters is 1. The minimum atomic E-state index is -0.855. The highest BCUT2D eigenvalue weighted by molar-refractivity contribution is 6.32. The van der Waals surface area contributed by atoms with Crippen LogP contribution in [0.5, 0.6) is 5.75 Å². The minimum absolute atomic E-state index is 0.136. The van der Waals surface area contributed by atoms with Crippen molar-refractivity contribution in [3.8, 4) is 5.75 Å². The van der Waals surface area contributed by atoms with E-state index < -0.39 is 12.1 Å². The summed E-state index contributed by atoms with van der Waals surface area (Å²) in [4.78, 5) is 24.2. The fourth-order valence-electron chi connectivity index (χ4n) is 3.07. The van der Waals surface area contributed by atoms with E-state index in [1.165, 1.54) is 6.42 Å². The van der Waals surface area contributed by atoms with Crippen molar-refractivity contribution in [3.63, 3.8) is 0 Å². The van der Waals surface area contributed by atoms with E-state index in [9.17, 15) is 9.59 Å². The standard InChI is InChI=1S/C19H26ClNO4/c1-12-7-6-9-16(13(12)2)21-19(23)14(3)25-18(22)11-24-17-10-5-4-8-15(17)20/h4-5,8,10,12-14,16H,6-7,9,11H2,1-3H3,(H,21,23)/t12-,13-,14-,16-/m1/s1. The molecule has 0 aliphatic heterocycles. The van der Waals surface area contributed by atoms with Gasteiger partial charge in [0.15, 0.2) is 12.7 Å². The number of carbonyl (C=O) groups excluding carboxylic acids is 2. The number of benzene rings is 1. The van der Waals surface area contributed by atoms with Crippen LogP contribution >= 0.6 is 11.6 Å². The predicted octanol–water partition coefficient (Wildman–Crippen LogP) is 3.59. The van der Waals surface area contributed by atoms with Crippen LogP contribution in [0.2, 0.25) is 5.02 Å². The Morgan fingerprint density at radius 2 is 2.00 bits per heavy atom. The zero-order valence-corrected chi connectivity index (χ0v) is 15.7. The molecule has 1 N–H and O–H groups in total. The van der Waals surface area contributed by atoms with Gasteiger partial charge < -0.3 is 14.8 Å². The molecule has 0 spiro atoms. The lowest BCUT2D eigenvalue weighted by molar-refractivity contribution is -0.157. The molecule has 1 fully saturated rings. The zero-order valence-electron chi connectivity index (χ0n) is 15.0. The number of amides is 1. The summed E-state index contributed by atoms with van der Waals surface area (Å²) in [5.41, 5.74) is 0. The molecule has 4 atom stereocenters. The number of ether oxygens (including phenoxy) is 2. The smallest absolute Gasteiger partial charge is 0.344 e. The monoisotopic (exact) mass is 367 g/mol. The van der Waals surface area contributed by atoms with Gasteiger partial charge in [0.2, 0.25) is 0 Å². The van der Waals surface area contributed by atoms with E-state index in [0.717, 1.165) is 12.8 Å². The molecule has 0 aromatic heterocycles. The Morgan fingerprint density at radius 1 is 1.28 bits per heavy atom. The van der Waals surface area contributed by atoms with Gasteiger partial charge in [0.1, 0.15) is 5.75 Å². The highest BCUT2D eigenvalue weighted by Gasteiger charge is 2.30. The second-order valence-corrected chi connectivity index (χ2v) is 7.14. The molecule has 138 valence electrons. The Balaban J connectivity index is 1.78. The third kappa shape index (κ3) is 5.63. The Hall–Kier alpha value is -1.75. The molecule has 0 unspecified atom stereocenters. The van der Waals surface area contributed by atoms with Crippen molar-refractivity contribution >= 4 is 23.5 Å².